The Kier molecular flexibility index (Phi) is 3.30. The molecule has 0 aromatic carbocycles. The molecule has 11 heavy (non-hydrogen) atoms. The smallest absolute Gasteiger partial charge is 0.0828 e. The number of nitrogens with zero attached hydrogens (tertiary/aromatic N) is 2. The van der Waals surface area contributed by atoms with Gasteiger partial charge in [0.2, 0.25) is 0 Å². The summed E-state index contributed by atoms with van der Waals surface area (Å²) in [5.74, 6) is 0. The molecule has 0 aromatic rings. The normalized spacial score (nSPS) is 27.8. The van der Waals surface area contributed by atoms with Crippen LogP contribution >= 0.6 is 0 Å². The number of rotatable bonds is 2. The molecule has 3 heteroatoms. The van der Waals surface area contributed by atoms with Gasteiger partial charge in [0.1, 0.15) is 0 Å². The summed E-state index contributed by atoms with van der Waals surface area (Å²) in [7, 11) is 6.31. The van der Waals surface area contributed by atoms with Crippen molar-refractivity contribution in [3.63, 3.8) is 0 Å². The van der Waals surface area contributed by atoms with E-state index in [1.165, 1.54) is 0 Å². The van der Waals surface area contributed by atoms with Crippen LogP contribution in [0.5, 0.6) is 0 Å². The Bertz CT molecular complexity index is 115. The second-order valence-corrected chi connectivity index (χ2v) is 3.52. The Morgan fingerprint density at radius 1 is 1.55 bits per heavy atom. The highest BCUT2D eigenvalue weighted by molar-refractivity contribution is 4.70. The van der Waals surface area contributed by atoms with Crippen LogP contribution in [0.1, 0.15) is 0 Å². The van der Waals surface area contributed by atoms with Gasteiger partial charge in [0.15, 0.2) is 0 Å². The first-order chi connectivity index (χ1) is 5.18. The predicted molar refractivity (Wildman–Crippen MR) is 45.8 cm³/mol. The van der Waals surface area contributed by atoms with Crippen LogP contribution in [0.4, 0.5) is 0 Å². The third-order valence-corrected chi connectivity index (χ3v) is 1.91. The number of morpholine rings is 1. The molecule has 0 aliphatic carbocycles. The summed E-state index contributed by atoms with van der Waals surface area (Å²) in [4.78, 5) is 4.49. The largest absolute Gasteiger partial charge is 0.374 e. The Labute approximate surface area is 68.9 Å². The Balaban J connectivity index is 2.23. The van der Waals surface area contributed by atoms with E-state index in [0.717, 1.165) is 26.2 Å². The topological polar surface area (TPSA) is 15.7 Å². The van der Waals surface area contributed by atoms with Gasteiger partial charge in [-0.25, -0.2) is 0 Å². The predicted octanol–water partition coefficient (Wildman–Crippen LogP) is -0.121. The third kappa shape index (κ3) is 3.18. The SMILES string of the molecule is CN(C)C[C@@H]1CN(C)CCO1. The van der Waals surface area contributed by atoms with E-state index in [1.807, 2.05) is 0 Å². The van der Waals surface area contributed by atoms with E-state index >= 15 is 0 Å². The molecular formula is C8H18N2O. The van der Waals surface area contributed by atoms with Crippen molar-refractivity contribution in [3.05, 3.63) is 0 Å². The molecule has 1 aliphatic heterocycles. The van der Waals surface area contributed by atoms with Crippen molar-refractivity contribution < 1.29 is 4.74 Å². The number of hydrogen-bond acceptors (Lipinski definition) is 3. The average molecular weight is 158 g/mol. The molecule has 1 saturated heterocycles. The average Bonchev–Trinajstić information content (AvgIpc) is 1.85. The van der Waals surface area contributed by atoms with E-state index in [4.69, 9.17) is 4.74 Å². The summed E-state index contributed by atoms with van der Waals surface area (Å²) in [5.41, 5.74) is 0. The van der Waals surface area contributed by atoms with E-state index in [0.29, 0.717) is 6.10 Å². The van der Waals surface area contributed by atoms with E-state index in [9.17, 15) is 0 Å². The van der Waals surface area contributed by atoms with Crippen LogP contribution in [-0.2, 0) is 4.74 Å². The van der Waals surface area contributed by atoms with Crippen LogP contribution in [-0.4, -0.2) is 63.3 Å². The van der Waals surface area contributed by atoms with Crippen molar-refractivity contribution in [2.24, 2.45) is 0 Å². The van der Waals surface area contributed by atoms with Gasteiger partial charge < -0.3 is 14.5 Å². The minimum Gasteiger partial charge on any atom is -0.374 e. The molecule has 0 unspecified atom stereocenters. The second-order valence-electron chi connectivity index (χ2n) is 3.52. The number of hydrogen-bond donors (Lipinski definition) is 0. The highest BCUT2D eigenvalue weighted by Gasteiger charge is 2.17. The van der Waals surface area contributed by atoms with Gasteiger partial charge in [0.25, 0.3) is 0 Å². The molecule has 0 radical (unpaired) electrons. The van der Waals surface area contributed by atoms with Gasteiger partial charge in [0, 0.05) is 19.6 Å². The molecular weight excluding hydrogens is 140 g/mol. The van der Waals surface area contributed by atoms with Crippen molar-refractivity contribution in [2.45, 2.75) is 6.10 Å². The zero-order chi connectivity index (χ0) is 8.27. The van der Waals surface area contributed by atoms with Gasteiger partial charge in [0.05, 0.1) is 12.7 Å². The molecule has 1 rings (SSSR count). The summed E-state index contributed by atoms with van der Waals surface area (Å²) in [6.07, 6.45) is 0.406. The number of likely N-dealkylation sites (N-methyl/N-ethyl adjacent to an activating group) is 2. The lowest BCUT2D eigenvalue weighted by molar-refractivity contribution is -0.0297. The fourth-order valence-electron chi connectivity index (χ4n) is 1.38. The molecule has 1 atom stereocenters. The van der Waals surface area contributed by atoms with Crippen LogP contribution < -0.4 is 0 Å². The van der Waals surface area contributed by atoms with Gasteiger partial charge in [-0.15, -0.1) is 0 Å². The van der Waals surface area contributed by atoms with E-state index in [1.54, 1.807) is 0 Å². The minimum atomic E-state index is 0.406. The van der Waals surface area contributed by atoms with Crippen molar-refractivity contribution in [1.82, 2.24) is 9.80 Å². The zero-order valence-electron chi connectivity index (χ0n) is 7.71. The summed E-state index contributed by atoms with van der Waals surface area (Å²) in [5, 5.41) is 0. The second kappa shape index (κ2) is 4.04. The zero-order valence-corrected chi connectivity index (χ0v) is 7.71. The van der Waals surface area contributed by atoms with Crippen LogP contribution in [0, 0.1) is 0 Å². The summed E-state index contributed by atoms with van der Waals surface area (Å²) in [6, 6.07) is 0. The summed E-state index contributed by atoms with van der Waals surface area (Å²) >= 11 is 0. The molecule has 0 N–H and O–H groups in total. The van der Waals surface area contributed by atoms with Crippen LogP contribution in [0.2, 0.25) is 0 Å². The number of ether oxygens (including phenoxy) is 1. The molecule has 0 amide bonds. The van der Waals surface area contributed by atoms with Crippen molar-refractivity contribution in [1.29, 1.82) is 0 Å². The van der Waals surface area contributed by atoms with Gasteiger partial charge in [-0.2, -0.15) is 0 Å². The van der Waals surface area contributed by atoms with Crippen molar-refractivity contribution >= 4 is 0 Å². The van der Waals surface area contributed by atoms with Gasteiger partial charge in [-0.05, 0) is 21.1 Å². The van der Waals surface area contributed by atoms with Crippen LogP contribution in [0.15, 0.2) is 0 Å². The molecule has 3 nitrogen and oxygen atoms in total. The van der Waals surface area contributed by atoms with Crippen LogP contribution in [0.3, 0.4) is 0 Å². The first-order valence-corrected chi connectivity index (χ1v) is 4.13. The molecule has 66 valence electrons. The fourth-order valence-corrected chi connectivity index (χ4v) is 1.38. The van der Waals surface area contributed by atoms with Crippen molar-refractivity contribution in [2.75, 3.05) is 47.4 Å². The van der Waals surface area contributed by atoms with Gasteiger partial charge >= 0.3 is 0 Å². The van der Waals surface area contributed by atoms with Gasteiger partial charge in [-0.1, -0.05) is 0 Å². The maximum Gasteiger partial charge on any atom is 0.0828 e. The van der Waals surface area contributed by atoms with Crippen molar-refractivity contribution in [3.8, 4) is 0 Å². The molecule has 0 spiro atoms. The third-order valence-electron chi connectivity index (χ3n) is 1.91. The monoisotopic (exact) mass is 158 g/mol. The summed E-state index contributed by atoms with van der Waals surface area (Å²) in [6.45, 7) is 4.06. The first kappa shape index (κ1) is 8.97. The van der Waals surface area contributed by atoms with Crippen LogP contribution in [0.25, 0.3) is 0 Å². The fraction of sp³-hybridized carbons (Fsp3) is 1.00. The molecule has 1 heterocycles. The standard InChI is InChI=1S/C8H18N2O/c1-9(2)6-8-7-10(3)4-5-11-8/h8H,4-7H2,1-3H3/t8-/m1/s1. The quantitative estimate of drug-likeness (QED) is 0.557. The Hall–Kier alpha value is -0.120. The first-order valence-electron chi connectivity index (χ1n) is 4.13. The van der Waals surface area contributed by atoms with E-state index < -0.39 is 0 Å². The molecule has 0 aromatic heterocycles. The van der Waals surface area contributed by atoms with Gasteiger partial charge in [-0.3, -0.25) is 0 Å². The lowest BCUT2D eigenvalue weighted by Gasteiger charge is -2.31. The van der Waals surface area contributed by atoms with E-state index in [-0.39, 0.29) is 0 Å². The minimum absolute atomic E-state index is 0.406. The molecule has 0 saturated carbocycles. The summed E-state index contributed by atoms with van der Waals surface area (Å²) < 4.78 is 5.58. The highest BCUT2D eigenvalue weighted by atomic mass is 16.5. The molecule has 1 fully saturated rings. The lowest BCUT2D eigenvalue weighted by Crippen LogP contribution is -2.44. The molecule has 1 aliphatic rings. The van der Waals surface area contributed by atoms with E-state index in [2.05, 4.69) is 30.9 Å². The lowest BCUT2D eigenvalue weighted by atomic mass is 10.3. The highest BCUT2D eigenvalue weighted by Crippen LogP contribution is 2.02. The maximum atomic E-state index is 5.58. The Morgan fingerprint density at radius 3 is 2.82 bits per heavy atom. The molecule has 0 bridgehead atoms. The Morgan fingerprint density at radius 2 is 2.27 bits per heavy atom. The maximum absolute atomic E-state index is 5.58.